The number of rotatable bonds is 3. The van der Waals surface area contributed by atoms with Crippen molar-refractivity contribution in [2.45, 2.75) is 6.92 Å². The molecule has 0 amide bonds. The predicted molar refractivity (Wildman–Crippen MR) is 95.8 cm³/mol. The average molecular weight is 324 g/mol. The van der Waals surface area contributed by atoms with Crippen molar-refractivity contribution < 1.29 is 4.74 Å². The van der Waals surface area contributed by atoms with Crippen LogP contribution in [0, 0.1) is 6.92 Å². The van der Waals surface area contributed by atoms with E-state index in [1.165, 1.54) is 5.69 Å². The van der Waals surface area contributed by atoms with E-state index in [-0.39, 0.29) is 0 Å². The minimum absolute atomic E-state index is 0.464. The Hall–Kier alpha value is -2.80. The standard InChI is InChI=1S/C17H20N6O/c1-11-10-12(23-6-8-24-9-7-23)2-3-14(11)20-17-21-15(18)13-4-5-19-16(13)22-17/h2-5,10H,6-9H2,1H3,(H4,18,19,20,21,22). The Morgan fingerprint density at radius 3 is 2.83 bits per heavy atom. The van der Waals surface area contributed by atoms with Crippen molar-refractivity contribution in [3.05, 3.63) is 36.0 Å². The van der Waals surface area contributed by atoms with Crippen molar-refractivity contribution in [1.82, 2.24) is 15.0 Å². The summed E-state index contributed by atoms with van der Waals surface area (Å²) in [5.41, 5.74) is 10.0. The summed E-state index contributed by atoms with van der Waals surface area (Å²) < 4.78 is 5.41. The van der Waals surface area contributed by atoms with Crippen LogP contribution in [0.5, 0.6) is 0 Å². The van der Waals surface area contributed by atoms with Gasteiger partial charge in [-0.1, -0.05) is 0 Å². The van der Waals surface area contributed by atoms with E-state index in [9.17, 15) is 0 Å². The lowest BCUT2D eigenvalue weighted by molar-refractivity contribution is 0.122. The number of hydrogen-bond donors (Lipinski definition) is 3. The van der Waals surface area contributed by atoms with Gasteiger partial charge >= 0.3 is 0 Å². The summed E-state index contributed by atoms with van der Waals surface area (Å²) in [6.45, 7) is 5.48. The van der Waals surface area contributed by atoms with Crippen molar-refractivity contribution >= 4 is 34.2 Å². The largest absolute Gasteiger partial charge is 0.383 e. The second kappa shape index (κ2) is 6.01. The molecule has 0 spiro atoms. The number of aromatic amines is 1. The van der Waals surface area contributed by atoms with Crippen LogP contribution >= 0.6 is 0 Å². The van der Waals surface area contributed by atoms with Gasteiger partial charge in [-0.3, -0.25) is 0 Å². The number of nitrogen functional groups attached to an aromatic ring is 1. The molecular formula is C17H20N6O. The highest BCUT2D eigenvalue weighted by Gasteiger charge is 2.13. The van der Waals surface area contributed by atoms with E-state index in [4.69, 9.17) is 10.5 Å². The molecule has 3 heterocycles. The van der Waals surface area contributed by atoms with E-state index < -0.39 is 0 Å². The molecule has 3 aromatic rings. The van der Waals surface area contributed by atoms with Crippen molar-refractivity contribution in [2.75, 3.05) is 42.3 Å². The Morgan fingerprint density at radius 2 is 2.04 bits per heavy atom. The molecule has 2 aromatic heterocycles. The Kier molecular flexibility index (Phi) is 3.70. The number of nitrogens with one attached hydrogen (secondary N) is 2. The third-order valence-corrected chi connectivity index (χ3v) is 4.28. The van der Waals surface area contributed by atoms with Crippen molar-refractivity contribution in [1.29, 1.82) is 0 Å². The highest BCUT2D eigenvalue weighted by atomic mass is 16.5. The molecule has 1 saturated heterocycles. The van der Waals surface area contributed by atoms with E-state index in [0.29, 0.717) is 11.8 Å². The van der Waals surface area contributed by atoms with E-state index in [0.717, 1.165) is 48.6 Å². The SMILES string of the molecule is Cc1cc(N2CCOCC2)ccc1Nc1nc(N)c2cc[nH]c2n1. The van der Waals surface area contributed by atoms with E-state index in [2.05, 4.69) is 50.3 Å². The molecule has 0 unspecified atom stereocenters. The Morgan fingerprint density at radius 1 is 1.21 bits per heavy atom. The summed E-state index contributed by atoms with van der Waals surface area (Å²) in [6.07, 6.45) is 1.81. The van der Waals surface area contributed by atoms with E-state index in [1.54, 1.807) is 0 Å². The van der Waals surface area contributed by atoms with Crippen LogP contribution in [0.15, 0.2) is 30.5 Å². The minimum atomic E-state index is 0.464. The molecule has 0 radical (unpaired) electrons. The Bertz CT molecular complexity index is 869. The van der Waals surface area contributed by atoms with Crippen LogP contribution in [0.3, 0.4) is 0 Å². The van der Waals surface area contributed by atoms with Gasteiger partial charge in [0.1, 0.15) is 11.5 Å². The van der Waals surface area contributed by atoms with Gasteiger partial charge in [-0.05, 0) is 36.8 Å². The number of morpholine rings is 1. The molecule has 1 fully saturated rings. The second-order valence-electron chi connectivity index (χ2n) is 5.90. The fraction of sp³-hybridized carbons (Fsp3) is 0.294. The molecule has 24 heavy (non-hydrogen) atoms. The molecule has 7 nitrogen and oxygen atoms in total. The number of hydrogen-bond acceptors (Lipinski definition) is 6. The number of fused-ring (bicyclic) bond motifs is 1. The first-order valence-electron chi connectivity index (χ1n) is 8.02. The first-order valence-corrected chi connectivity index (χ1v) is 8.02. The number of nitrogens with zero attached hydrogens (tertiary/aromatic N) is 3. The third kappa shape index (κ3) is 2.74. The molecule has 0 aliphatic carbocycles. The molecule has 124 valence electrons. The average Bonchev–Trinajstić information content (AvgIpc) is 3.07. The number of H-pyrrole nitrogens is 1. The first kappa shape index (κ1) is 14.8. The van der Waals surface area contributed by atoms with Crippen LogP contribution in [0.25, 0.3) is 11.0 Å². The molecule has 0 bridgehead atoms. The van der Waals surface area contributed by atoms with E-state index in [1.807, 2.05) is 12.3 Å². The summed E-state index contributed by atoms with van der Waals surface area (Å²) >= 11 is 0. The van der Waals surface area contributed by atoms with Gasteiger partial charge in [0.25, 0.3) is 0 Å². The normalized spacial score (nSPS) is 15.0. The maximum Gasteiger partial charge on any atom is 0.231 e. The first-order chi connectivity index (χ1) is 11.7. The molecule has 0 atom stereocenters. The summed E-state index contributed by atoms with van der Waals surface area (Å²) in [4.78, 5) is 14.2. The molecule has 1 aliphatic heterocycles. The molecule has 1 aromatic carbocycles. The van der Waals surface area contributed by atoms with Crippen LogP contribution in [0.4, 0.5) is 23.1 Å². The molecule has 1 aliphatic rings. The number of anilines is 4. The lowest BCUT2D eigenvalue weighted by atomic mass is 10.1. The van der Waals surface area contributed by atoms with Gasteiger partial charge in [-0.15, -0.1) is 0 Å². The Labute approximate surface area is 139 Å². The molecule has 7 heteroatoms. The van der Waals surface area contributed by atoms with Gasteiger partial charge in [0, 0.05) is 30.7 Å². The van der Waals surface area contributed by atoms with Crippen LogP contribution < -0.4 is 16.0 Å². The third-order valence-electron chi connectivity index (χ3n) is 4.28. The number of aryl methyl sites for hydroxylation is 1. The summed E-state index contributed by atoms with van der Waals surface area (Å²) in [5.74, 6) is 0.955. The predicted octanol–water partition coefficient (Wildman–Crippen LogP) is 2.43. The molecule has 0 saturated carbocycles. The maximum atomic E-state index is 5.99. The van der Waals surface area contributed by atoms with Crippen LogP contribution in [0.2, 0.25) is 0 Å². The zero-order chi connectivity index (χ0) is 16.5. The smallest absolute Gasteiger partial charge is 0.231 e. The van der Waals surface area contributed by atoms with Gasteiger partial charge in [-0.2, -0.15) is 9.97 Å². The molecular weight excluding hydrogens is 304 g/mol. The number of benzene rings is 1. The maximum absolute atomic E-state index is 5.99. The lowest BCUT2D eigenvalue weighted by Crippen LogP contribution is -2.36. The van der Waals surface area contributed by atoms with Crippen LogP contribution in [0.1, 0.15) is 5.56 Å². The van der Waals surface area contributed by atoms with Gasteiger partial charge in [0.2, 0.25) is 5.95 Å². The topological polar surface area (TPSA) is 92.1 Å². The summed E-state index contributed by atoms with van der Waals surface area (Å²) in [7, 11) is 0. The van der Waals surface area contributed by atoms with Gasteiger partial charge in [-0.25, -0.2) is 0 Å². The zero-order valence-electron chi connectivity index (χ0n) is 13.5. The number of nitrogens with two attached hydrogens (primary N) is 1. The van der Waals surface area contributed by atoms with Gasteiger partial charge in [0.15, 0.2) is 0 Å². The van der Waals surface area contributed by atoms with Crippen LogP contribution in [-0.2, 0) is 4.74 Å². The Balaban J connectivity index is 1.59. The van der Waals surface area contributed by atoms with Crippen molar-refractivity contribution in [3.8, 4) is 0 Å². The number of aromatic nitrogens is 3. The second-order valence-corrected chi connectivity index (χ2v) is 5.90. The highest BCUT2D eigenvalue weighted by Crippen LogP contribution is 2.26. The molecule has 4 N–H and O–H groups in total. The van der Waals surface area contributed by atoms with Crippen molar-refractivity contribution in [2.24, 2.45) is 0 Å². The molecule has 4 rings (SSSR count). The quantitative estimate of drug-likeness (QED) is 0.685. The highest BCUT2D eigenvalue weighted by molar-refractivity contribution is 5.87. The lowest BCUT2D eigenvalue weighted by Gasteiger charge is -2.29. The van der Waals surface area contributed by atoms with Gasteiger partial charge < -0.3 is 25.7 Å². The van der Waals surface area contributed by atoms with Crippen molar-refractivity contribution in [3.63, 3.8) is 0 Å². The fourth-order valence-corrected chi connectivity index (χ4v) is 2.95. The number of ether oxygens (including phenoxy) is 1. The minimum Gasteiger partial charge on any atom is -0.383 e. The monoisotopic (exact) mass is 324 g/mol. The zero-order valence-corrected chi connectivity index (χ0v) is 13.5. The van der Waals surface area contributed by atoms with Crippen LogP contribution in [-0.4, -0.2) is 41.3 Å². The summed E-state index contributed by atoms with van der Waals surface area (Å²) in [6, 6.07) is 8.21. The summed E-state index contributed by atoms with van der Waals surface area (Å²) in [5, 5.41) is 4.09. The fourth-order valence-electron chi connectivity index (χ4n) is 2.95. The van der Waals surface area contributed by atoms with Gasteiger partial charge in [0.05, 0.1) is 18.6 Å². The van der Waals surface area contributed by atoms with E-state index >= 15 is 0 Å².